The molecule has 33 heavy (non-hydrogen) atoms. The fraction of sp³-hybridized carbons (Fsp3) is 0.348. The van der Waals surface area contributed by atoms with Crippen LogP contribution in [-0.2, 0) is 15.8 Å². The van der Waals surface area contributed by atoms with E-state index in [0.717, 1.165) is 35.8 Å². The van der Waals surface area contributed by atoms with Gasteiger partial charge in [-0.05, 0) is 43.0 Å². The van der Waals surface area contributed by atoms with E-state index in [0.29, 0.717) is 29.3 Å². The lowest BCUT2D eigenvalue weighted by Crippen LogP contribution is -2.32. The zero-order chi connectivity index (χ0) is 23.3. The number of aromatic nitrogens is 2. The van der Waals surface area contributed by atoms with E-state index in [9.17, 15) is 13.2 Å². The van der Waals surface area contributed by atoms with Crippen LogP contribution in [0.25, 0.3) is 0 Å². The minimum atomic E-state index is -3.64. The van der Waals surface area contributed by atoms with Gasteiger partial charge in [-0.2, -0.15) is 4.31 Å². The maximum absolute atomic E-state index is 13.1. The molecule has 0 atom stereocenters. The molecule has 1 aromatic heterocycles. The fourth-order valence-electron chi connectivity index (χ4n) is 3.64. The minimum Gasteiger partial charge on any atom is -0.296 e. The first-order chi connectivity index (χ1) is 15.9. The number of thioether (sulfide) groups is 1. The Labute approximate surface area is 202 Å². The summed E-state index contributed by atoms with van der Waals surface area (Å²) in [4.78, 5) is 13.1. The van der Waals surface area contributed by atoms with Crippen molar-refractivity contribution in [1.82, 2.24) is 14.5 Å². The highest BCUT2D eigenvalue weighted by atomic mass is 32.2. The van der Waals surface area contributed by atoms with Crippen LogP contribution in [0.3, 0.4) is 0 Å². The zero-order valence-corrected chi connectivity index (χ0v) is 20.8. The lowest BCUT2D eigenvalue weighted by atomic mass is 10.1. The average molecular weight is 503 g/mol. The summed E-state index contributed by atoms with van der Waals surface area (Å²) in [6.45, 7) is 2.83. The van der Waals surface area contributed by atoms with Crippen molar-refractivity contribution in [1.29, 1.82) is 0 Å². The Bertz CT molecular complexity index is 1200. The van der Waals surface area contributed by atoms with Crippen LogP contribution < -0.4 is 5.32 Å². The highest BCUT2D eigenvalue weighted by molar-refractivity contribution is 8.00. The molecule has 0 aliphatic carbocycles. The van der Waals surface area contributed by atoms with Crippen LogP contribution in [0.2, 0.25) is 0 Å². The van der Waals surface area contributed by atoms with E-state index in [2.05, 4.69) is 15.5 Å². The Morgan fingerprint density at radius 3 is 2.52 bits per heavy atom. The number of nitrogens with one attached hydrogen (secondary N) is 1. The third-order valence-electron chi connectivity index (χ3n) is 5.49. The van der Waals surface area contributed by atoms with E-state index in [1.807, 2.05) is 30.3 Å². The Kier molecular flexibility index (Phi) is 7.79. The van der Waals surface area contributed by atoms with E-state index < -0.39 is 15.9 Å². The fourth-order valence-corrected chi connectivity index (χ4v) is 6.89. The molecule has 0 unspecified atom stereocenters. The summed E-state index contributed by atoms with van der Waals surface area (Å²) in [5.74, 6) is 0.370. The largest absolute Gasteiger partial charge is 0.296 e. The Hall–Kier alpha value is -2.27. The van der Waals surface area contributed by atoms with E-state index in [4.69, 9.17) is 0 Å². The molecule has 1 fully saturated rings. The lowest BCUT2D eigenvalue weighted by Gasteiger charge is -2.20. The Morgan fingerprint density at radius 2 is 1.79 bits per heavy atom. The number of aryl methyl sites for hydroxylation is 1. The summed E-state index contributed by atoms with van der Waals surface area (Å²) >= 11 is 2.85. The molecule has 1 N–H and O–H groups in total. The van der Waals surface area contributed by atoms with Gasteiger partial charge in [0, 0.05) is 24.4 Å². The van der Waals surface area contributed by atoms with Crippen molar-refractivity contribution in [2.24, 2.45) is 0 Å². The number of anilines is 1. The van der Waals surface area contributed by atoms with Crippen molar-refractivity contribution in [3.05, 3.63) is 65.2 Å². The number of amides is 1. The highest BCUT2D eigenvalue weighted by Gasteiger charge is 2.26. The lowest BCUT2D eigenvalue weighted by molar-refractivity contribution is 0.102. The van der Waals surface area contributed by atoms with Gasteiger partial charge in [0.15, 0.2) is 4.34 Å². The molecule has 1 saturated heterocycles. The van der Waals surface area contributed by atoms with Gasteiger partial charge in [-0.3, -0.25) is 10.1 Å². The maximum Gasteiger partial charge on any atom is 0.257 e. The van der Waals surface area contributed by atoms with E-state index in [-0.39, 0.29) is 4.90 Å². The molecule has 2 aromatic carbocycles. The van der Waals surface area contributed by atoms with E-state index in [1.165, 1.54) is 27.3 Å². The van der Waals surface area contributed by atoms with Gasteiger partial charge in [0.1, 0.15) is 0 Å². The summed E-state index contributed by atoms with van der Waals surface area (Å²) in [7, 11) is -3.64. The van der Waals surface area contributed by atoms with Crippen molar-refractivity contribution in [3.8, 4) is 0 Å². The molecule has 10 heteroatoms. The molecule has 1 amide bonds. The van der Waals surface area contributed by atoms with Crippen molar-refractivity contribution < 1.29 is 13.2 Å². The molecule has 174 valence electrons. The van der Waals surface area contributed by atoms with E-state index in [1.54, 1.807) is 30.8 Å². The summed E-state index contributed by atoms with van der Waals surface area (Å²) < 4.78 is 28.6. The van der Waals surface area contributed by atoms with Crippen LogP contribution in [0.15, 0.2) is 57.8 Å². The molecule has 1 aliphatic rings. The van der Waals surface area contributed by atoms with Gasteiger partial charge in [-0.25, -0.2) is 8.42 Å². The number of carbonyl (C=O) groups excluding carboxylic acids is 1. The molecule has 0 saturated carbocycles. The predicted molar refractivity (Wildman–Crippen MR) is 132 cm³/mol. The highest BCUT2D eigenvalue weighted by Crippen LogP contribution is 2.29. The smallest absolute Gasteiger partial charge is 0.257 e. The number of sulfonamides is 1. The van der Waals surface area contributed by atoms with Gasteiger partial charge < -0.3 is 0 Å². The maximum atomic E-state index is 13.1. The normalized spacial score (nSPS) is 15.2. The number of nitrogens with zero attached hydrogens (tertiary/aromatic N) is 3. The summed E-state index contributed by atoms with van der Waals surface area (Å²) in [5.41, 5.74) is 2.20. The number of carbonyl (C=O) groups is 1. The quantitative estimate of drug-likeness (QED) is 0.363. The van der Waals surface area contributed by atoms with Crippen molar-refractivity contribution in [2.45, 2.75) is 47.6 Å². The molecule has 0 bridgehead atoms. The Balaban J connectivity index is 1.46. The summed E-state index contributed by atoms with van der Waals surface area (Å²) in [6.07, 6.45) is 3.81. The molecule has 7 nitrogen and oxygen atoms in total. The third kappa shape index (κ3) is 6.00. The molecule has 4 rings (SSSR count). The molecular weight excluding hydrogens is 476 g/mol. The molecular formula is C23H26N4O3S3. The Morgan fingerprint density at radius 1 is 1.06 bits per heavy atom. The van der Waals surface area contributed by atoms with Crippen LogP contribution in [-0.4, -0.2) is 41.9 Å². The van der Waals surface area contributed by atoms with Gasteiger partial charge in [0.25, 0.3) is 5.91 Å². The van der Waals surface area contributed by atoms with Gasteiger partial charge in [-0.1, -0.05) is 72.3 Å². The SMILES string of the molecule is Cc1ccc(S(=O)(=O)N2CCCCCC2)cc1C(=O)Nc1nnc(SCc2ccccc2)s1. The number of hydrogen-bond donors (Lipinski definition) is 1. The number of rotatable bonds is 7. The first kappa shape index (κ1) is 23.9. The standard InChI is InChI=1S/C23H26N4O3S3/c1-17-11-12-19(33(29,30)27-13-7-2-3-8-14-27)15-20(17)21(28)24-22-25-26-23(32-22)31-16-18-9-5-4-6-10-18/h4-6,9-12,15H,2-3,7-8,13-14,16H2,1H3,(H,24,25,28). The van der Waals surface area contributed by atoms with Crippen molar-refractivity contribution >= 4 is 44.2 Å². The monoisotopic (exact) mass is 502 g/mol. The molecule has 1 aliphatic heterocycles. The first-order valence-corrected chi connectivity index (χ1v) is 14.1. The second-order valence-corrected chi connectivity index (χ2v) is 12.0. The number of benzene rings is 2. The average Bonchev–Trinajstić information content (AvgIpc) is 3.07. The third-order valence-corrected chi connectivity index (χ3v) is 9.43. The molecule has 2 heterocycles. The van der Waals surface area contributed by atoms with Crippen LogP contribution in [0.5, 0.6) is 0 Å². The van der Waals surface area contributed by atoms with Crippen LogP contribution in [0.1, 0.15) is 47.2 Å². The first-order valence-electron chi connectivity index (χ1n) is 10.9. The topological polar surface area (TPSA) is 92.3 Å². The van der Waals surface area contributed by atoms with Crippen molar-refractivity contribution in [2.75, 3.05) is 18.4 Å². The minimum absolute atomic E-state index is 0.150. The number of hydrogen-bond acceptors (Lipinski definition) is 7. The van der Waals surface area contributed by atoms with Crippen molar-refractivity contribution in [3.63, 3.8) is 0 Å². The summed E-state index contributed by atoms with van der Waals surface area (Å²) in [5, 5.41) is 11.4. The molecule has 0 radical (unpaired) electrons. The predicted octanol–water partition coefficient (Wildman–Crippen LogP) is 4.96. The second-order valence-electron chi connectivity index (χ2n) is 7.90. The van der Waals surface area contributed by atoms with Crippen LogP contribution in [0.4, 0.5) is 5.13 Å². The van der Waals surface area contributed by atoms with Crippen LogP contribution in [0, 0.1) is 6.92 Å². The van der Waals surface area contributed by atoms with Gasteiger partial charge in [0.2, 0.25) is 15.2 Å². The van der Waals surface area contributed by atoms with Gasteiger partial charge in [-0.15, -0.1) is 10.2 Å². The molecule has 0 spiro atoms. The summed E-state index contributed by atoms with van der Waals surface area (Å²) in [6, 6.07) is 14.8. The van der Waals surface area contributed by atoms with E-state index >= 15 is 0 Å². The van der Waals surface area contributed by atoms with Gasteiger partial charge >= 0.3 is 0 Å². The second kappa shape index (κ2) is 10.8. The zero-order valence-electron chi connectivity index (χ0n) is 18.4. The van der Waals surface area contributed by atoms with Crippen LogP contribution >= 0.6 is 23.1 Å². The molecule has 3 aromatic rings. The van der Waals surface area contributed by atoms with Gasteiger partial charge in [0.05, 0.1) is 4.90 Å².